The lowest BCUT2D eigenvalue weighted by molar-refractivity contribution is -0.281. The number of fused-ring (bicyclic) bond motifs is 1. The average Bonchev–Trinajstić information content (AvgIpc) is 2.68. The number of hydrogen-bond acceptors (Lipinski definition) is 6. The molecule has 8 nitrogen and oxygen atoms in total. The fourth-order valence-corrected chi connectivity index (χ4v) is 5.65. The van der Waals surface area contributed by atoms with Crippen LogP contribution in [0.4, 0.5) is 10.5 Å². The highest BCUT2D eigenvalue weighted by atomic mass is 32.2. The number of ether oxygens (including phenoxy) is 2. The molecule has 4 N–H and O–H groups in total. The van der Waals surface area contributed by atoms with Crippen molar-refractivity contribution in [2.45, 2.75) is 64.3 Å². The summed E-state index contributed by atoms with van der Waals surface area (Å²) in [6, 6.07) is 14.4. The molecule has 0 bridgehead atoms. The van der Waals surface area contributed by atoms with Crippen molar-refractivity contribution in [1.29, 1.82) is 0 Å². The van der Waals surface area contributed by atoms with Crippen molar-refractivity contribution in [2.75, 3.05) is 11.0 Å². The molecule has 2 aromatic carbocycles. The second kappa shape index (κ2) is 8.46. The van der Waals surface area contributed by atoms with Gasteiger partial charge in [-0.15, -0.1) is 0 Å². The molecule has 1 aliphatic rings. The van der Waals surface area contributed by atoms with Crippen molar-refractivity contribution in [3.63, 3.8) is 0 Å². The van der Waals surface area contributed by atoms with E-state index in [1.54, 1.807) is 26.0 Å². The first-order valence-electron chi connectivity index (χ1n) is 11.1. The van der Waals surface area contributed by atoms with Gasteiger partial charge in [-0.05, 0) is 44.4 Å². The number of carbonyl (C=O) groups is 1. The first kappa shape index (κ1) is 25.8. The molecule has 0 aromatic heterocycles. The van der Waals surface area contributed by atoms with Gasteiger partial charge in [0, 0.05) is 17.0 Å². The number of carbonyl (C=O) groups excluding carboxylic acids is 1. The Balaban J connectivity index is 2.27. The van der Waals surface area contributed by atoms with E-state index in [1.165, 1.54) is 6.07 Å². The highest BCUT2D eigenvalue weighted by Gasteiger charge is 2.71. The van der Waals surface area contributed by atoms with Gasteiger partial charge in [0.05, 0.1) is 11.9 Å². The lowest BCUT2D eigenvalue weighted by Gasteiger charge is -2.61. The molecular weight excluding hydrogens is 456 g/mol. The molecule has 0 aliphatic carbocycles. The molecule has 2 aromatic rings. The maximum Gasteiger partial charge on any atom is 0.405 e. The lowest BCUT2D eigenvalue weighted by Crippen LogP contribution is -2.73. The largest absolute Gasteiger partial charge is 0.484 e. The molecule has 2 atom stereocenters. The van der Waals surface area contributed by atoms with E-state index < -0.39 is 38.3 Å². The van der Waals surface area contributed by atoms with E-state index in [0.29, 0.717) is 17.7 Å². The molecule has 0 radical (unpaired) electrons. The van der Waals surface area contributed by atoms with Gasteiger partial charge in [-0.25, -0.2) is 13.2 Å². The maximum atomic E-state index is 12.5. The molecule has 186 valence electrons. The number of benzene rings is 2. The van der Waals surface area contributed by atoms with E-state index in [0.717, 1.165) is 11.8 Å². The van der Waals surface area contributed by atoms with E-state index in [-0.39, 0.29) is 12.1 Å². The molecule has 1 amide bonds. The van der Waals surface area contributed by atoms with Crippen LogP contribution in [0.5, 0.6) is 5.75 Å². The van der Waals surface area contributed by atoms with Crippen LogP contribution in [0.3, 0.4) is 0 Å². The van der Waals surface area contributed by atoms with Crippen LogP contribution in [0.15, 0.2) is 48.5 Å². The number of nitrogens with one attached hydrogen (secondary N) is 1. The van der Waals surface area contributed by atoms with Crippen LogP contribution < -0.4 is 15.2 Å². The van der Waals surface area contributed by atoms with Crippen molar-refractivity contribution in [3.05, 3.63) is 59.7 Å². The second-order valence-electron chi connectivity index (χ2n) is 10.4. The summed E-state index contributed by atoms with van der Waals surface area (Å²) in [5.41, 5.74) is 1.89. The van der Waals surface area contributed by atoms with Gasteiger partial charge in [0.2, 0.25) is 10.0 Å². The molecule has 0 saturated carbocycles. The molecule has 9 heteroatoms. The van der Waals surface area contributed by atoms with E-state index in [9.17, 15) is 18.3 Å². The van der Waals surface area contributed by atoms with Crippen molar-refractivity contribution in [1.82, 2.24) is 0 Å². The molecule has 1 aliphatic heterocycles. The van der Waals surface area contributed by atoms with Crippen molar-refractivity contribution in [3.8, 4) is 5.75 Å². The number of amides is 1. The Kier molecular flexibility index (Phi) is 6.43. The van der Waals surface area contributed by atoms with E-state index in [4.69, 9.17) is 15.2 Å². The maximum absolute atomic E-state index is 12.5. The predicted molar refractivity (Wildman–Crippen MR) is 131 cm³/mol. The summed E-state index contributed by atoms with van der Waals surface area (Å²) in [6.45, 7) is 9.02. The Hall–Kier alpha value is -2.78. The molecule has 1 heterocycles. The van der Waals surface area contributed by atoms with Gasteiger partial charge < -0.3 is 20.3 Å². The summed E-state index contributed by atoms with van der Waals surface area (Å²) in [6.07, 6.45) is 0.717. The third-order valence-corrected chi connectivity index (χ3v) is 7.14. The zero-order valence-corrected chi connectivity index (χ0v) is 21.3. The van der Waals surface area contributed by atoms with E-state index in [2.05, 4.69) is 4.72 Å². The number of anilines is 1. The molecule has 0 spiro atoms. The Labute approximate surface area is 201 Å². The van der Waals surface area contributed by atoms with Crippen LogP contribution in [0, 0.1) is 5.41 Å². The van der Waals surface area contributed by atoms with E-state index >= 15 is 0 Å². The second-order valence-corrected chi connectivity index (χ2v) is 12.1. The average molecular weight is 491 g/mol. The Morgan fingerprint density at radius 1 is 1.15 bits per heavy atom. The summed E-state index contributed by atoms with van der Waals surface area (Å²) in [5, 5.41) is 12.5. The van der Waals surface area contributed by atoms with Crippen molar-refractivity contribution >= 4 is 21.8 Å². The number of hydrogen-bond donors (Lipinski definition) is 3. The van der Waals surface area contributed by atoms with Crippen LogP contribution >= 0.6 is 0 Å². The third kappa shape index (κ3) is 4.46. The monoisotopic (exact) mass is 490 g/mol. The highest BCUT2D eigenvalue weighted by molar-refractivity contribution is 7.92. The molecule has 3 rings (SSSR count). The van der Waals surface area contributed by atoms with Gasteiger partial charge in [0.15, 0.2) is 5.60 Å². The lowest BCUT2D eigenvalue weighted by atomic mass is 9.55. The number of rotatable bonds is 6. The van der Waals surface area contributed by atoms with Crippen molar-refractivity contribution in [2.24, 2.45) is 11.1 Å². The molecular formula is C25H34N2O6S. The van der Waals surface area contributed by atoms with Crippen LogP contribution in [0.25, 0.3) is 0 Å². The predicted octanol–water partition coefficient (Wildman–Crippen LogP) is 3.93. The Bertz CT molecular complexity index is 1170. The van der Waals surface area contributed by atoms with Gasteiger partial charge in [-0.3, -0.25) is 4.72 Å². The fourth-order valence-electron chi connectivity index (χ4n) is 5.10. The topological polar surface area (TPSA) is 128 Å². The number of aryl methyl sites for hydroxylation is 1. The molecule has 0 fully saturated rings. The summed E-state index contributed by atoms with van der Waals surface area (Å²) < 4.78 is 38.2. The Morgan fingerprint density at radius 2 is 1.76 bits per heavy atom. The number of nitrogens with two attached hydrogens (primary N) is 1. The first-order valence-corrected chi connectivity index (χ1v) is 13.0. The Morgan fingerprint density at radius 3 is 2.29 bits per heavy atom. The molecule has 0 unspecified atom stereocenters. The van der Waals surface area contributed by atoms with Gasteiger partial charge in [0.1, 0.15) is 17.0 Å². The fraction of sp³-hybridized carbons (Fsp3) is 0.480. The van der Waals surface area contributed by atoms with Crippen LogP contribution in [-0.2, 0) is 26.8 Å². The van der Waals surface area contributed by atoms with E-state index in [1.807, 2.05) is 51.1 Å². The minimum absolute atomic E-state index is 0.206. The van der Waals surface area contributed by atoms with Gasteiger partial charge >= 0.3 is 6.09 Å². The highest BCUT2D eigenvalue weighted by Crippen LogP contribution is 2.61. The summed E-state index contributed by atoms with van der Waals surface area (Å²) in [7, 11) is -3.53. The summed E-state index contributed by atoms with van der Waals surface area (Å²) in [5.74, 6) is 0.291. The van der Waals surface area contributed by atoms with Crippen LogP contribution in [0.1, 0.15) is 52.2 Å². The third-order valence-electron chi connectivity index (χ3n) is 6.54. The van der Waals surface area contributed by atoms with Gasteiger partial charge in [-0.1, -0.05) is 51.1 Å². The first-order chi connectivity index (χ1) is 15.5. The quantitative estimate of drug-likeness (QED) is 0.563. The number of sulfonamides is 1. The smallest absolute Gasteiger partial charge is 0.405 e. The number of primary amides is 1. The number of aliphatic hydroxyl groups is 1. The van der Waals surface area contributed by atoms with Crippen molar-refractivity contribution < 1.29 is 27.8 Å². The standard InChI is InChI=1S/C25H34N2O6S/c1-22(2,3)25(33-21(26)28)19-13-12-18(27-34(6,30)31)16-20(19)32-23(4,5)24(25,29)15-14-17-10-8-7-9-11-17/h7-13,16,27,29H,14-15H2,1-6H3,(H2,26,28)/t24-,25-/m1/s1. The SMILES string of the molecule is CC1(C)Oc2cc(NS(C)(=O)=O)ccc2[C@@](OC(N)=O)(C(C)(C)C)[C@@]1(O)CCc1ccccc1. The zero-order chi connectivity index (χ0) is 25.6. The van der Waals surface area contributed by atoms with Gasteiger partial charge in [-0.2, -0.15) is 0 Å². The minimum Gasteiger partial charge on any atom is -0.484 e. The van der Waals surface area contributed by atoms with Crippen LogP contribution in [0.2, 0.25) is 0 Å². The molecule has 0 saturated heterocycles. The molecule has 34 heavy (non-hydrogen) atoms. The van der Waals surface area contributed by atoms with Gasteiger partial charge in [0.25, 0.3) is 0 Å². The zero-order valence-electron chi connectivity index (χ0n) is 20.5. The minimum atomic E-state index is -3.53. The normalized spacial score (nSPS) is 24.0. The summed E-state index contributed by atoms with van der Waals surface area (Å²) in [4.78, 5) is 12.3. The summed E-state index contributed by atoms with van der Waals surface area (Å²) >= 11 is 0. The van der Waals surface area contributed by atoms with Crippen LogP contribution in [-0.4, -0.2) is 37.1 Å².